The number of nitrogens with one attached hydrogen (secondary N) is 2. The Morgan fingerprint density at radius 2 is 2.00 bits per heavy atom. The molecule has 0 aliphatic carbocycles. The molecule has 1 amide bonds. The van der Waals surface area contributed by atoms with Gasteiger partial charge in [-0.2, -0.15) is 0 Å². The molecule has 1 aliphatic rings. The van der Waals surface area contributed by atoms with Crippen molar-refractivity contribution < 1.29 is 18.3 Å². The smallest absolute Gasteiger partial charge is 0.257 e. The van der Waals surface area contributed by atoms with Crippen molar-refractivity contribution in [1.29, 1.82) is 0 Å². The molecule has 27 heavy (non-hydrogen) atoms. The van der Waals surface area contributed by atoms with Crippen LogP contribution in [0, 0.1) is 11.6 Å². The van der Waals surface area contributed by atoms with Crippen LogP contribution < -0.4 is 10.6 Å². The Hall–Kier alpha value is -2.51. The Bertz CT molecular complexity index is 837. The van der Waals surface area contributed by atoms with Crippen LogP contribution in [0.1, 0.15) is 23.2 Å². The summed E-state index contributed by atoms with van der Waals surface area (Å²) in [7, 11) is 0. The average Bonchev–Trinajstić information content (AvgIpc) is 3.17. The summed E-state index contributed by atoms with van der Waals surface area (Å²) in [6, 6.07) is 9.23. The molecule has 3 rings (SSSR count). The third-order valence-corrected chi connectivity index (χ3v) is 4.29. The minimum Gasteiger partial charge on any atom is -0.376 e. The van der Waals surface area contributed by atoms with Gasteiger partial charge in [0.15, 0.2) is 0 Å². The molecule has 0 aromatic heterocycles. The number of carbonyl (C=O) groups excluding carboxylic acids is 1. The van der Waals surface area contributed by atoms with E-state index in [4.69, 9.17) is 16.3 Å². The Labute approximate surface area is 160 Å². The predicted molar refractivity (Wildman–Crippen MR) is 100 cm³/mol. The quantitative estimate of drug-likeness (QED) is 0.609. The van der Waals surface area contributed by atoms with Gasteiger partial charge in [0.1, 0.15) is 11.6 Å². The van der Waals surface area contributed by atoms with Crippen LogP contribution in [0.15, 0.2) is 47.5 Å². The van der Waals surface area contributed by atoms with E-state index >= 15 is 0 Å². The van der Waals surface area contributed by atoms with Gasteiger partial charge in [-0.1, -0.05) is 11.6 Å². The van der Waals surface area contributed by atoms with Crippen LogP contribution in [0.3, 0.4) is 0 Å². The summed E-state index contributed by atoms with van der Waals surface area (Å²) in [6.45, 7) is 1.05. The van der Waals surface area contributed by atoms with Crippen molar-refractivity contribution in [2.45, 2.75) is 18.9 Å². The Balaban J connectivity index is 1.75. The zero-order valence-corrected chi connectivity index (χ0v) is 15.1. The number of ether oxygens (including phenoxy) is 1. The fraction of sp³-hybridized carbons (Fsp3) is 0.263. The summed E-state index contributed by atoms with van der Waals surface area (Å²) < 4.78 is 31.9. The molecule has 1 fully saturated rings. The average molecular weight is 394 g/mol. The lowest BCUT2D eigenvalue weighted by Gasteiger charge is -2.14. The number of hydrogen-bond acceptors (Lipinski definition) is 3. The normalized spacial score (nSPS) is 17.0. The van der Waals surface area contributed by atoms with E-state index in [1.165, 1.54) is 42.5 Å². The number of benzene rings is 2. The monoisotopic (exact) mass is 393 g/mol. The lowest BCUT2D eigenvalue weighted by molar-refractivity contribution is 0.0975. The van der Waals surface area contributed by atoms with E-state index in [1.54, 1.807) is 0 Å². The van der Waals surface area contributed by atoms with Gasteiger partial charge in [-0.25, -0.2) is 13.8 Å². The summed E-state index contributed by atoms with van der Waals surface area (Å²) in [4.78, 5) is 16.8. The second-order valence-corrected chi connectivity index (χ2v) is 6.45. The van der Waals surface area contributed by atoms with Crippen molar-refractivity contribution in [2.24, 2.45) is 4.99 Å². The first-order valence-corrected chi connectivity index (χ1v) is 8.84. The maximum Gasteiger partial charge on any atom is 0.257 e. The molecule has 1 atom stereocenters. The standard InChI is InChI=1S/C19H18ClF2N3O2/c20-16-10-14(7-8-17(16)22)24-19(23-11-15-2-1-9-27-15)25-18(26)12-3-5-13(21)6-4-12/h3-8,10,15H,1-2,9,11H2,(H2,23,24,25,26)/t15-/m0/s1. The molecular formula is C19H18ClF2N3O2. The van der Waals surface area contributed by atoms with E-state index in [-0.39, 0.29) is 22.6 Å². The second kappa shape index (κ2) is 8.92. The summed E-state index contributed by atoms with van der Waals surface area (Å²) in [5.41, 5.74) is 0.743. The first-order chi connectivity index (χ1) is 13.0. The van der Waals surface area contributed by atoms with Gasteiger partial charge in [0.2, 0.25) is 5.96 Å². The molecular weight excluding hydrogens is 376 g/mol. The number of aliphatic imine (C=N–C) groups is 1. The largest absolute Gasteiger partial charge is 0.376 e. The highest BCUT2D eigenvalue weighted by Gasteiger charge is 2.16. The Morgan fingerprint density at radius 1 is 1.22 bits per heavy atom. The number of halogens is 3. The molecule has 142 valence electrons. The number of hydrogen-bond donors (Lipinski definition) is 2. The van der Waals surface area contributed by atoms with Crippen molar-refractivity contribution in [3.63, 3.8) is 0 Å². The van der Waals surface area contributed by atoms with Crippen LogP contribution in [0.25, 0.3) is 0 Å². The van der Waals surface area contributed by atoms with Gasteiger partial charge in [-0.05, 0) is 55.3 Å². The predicted octanol–water partition coefficient (Wildman–Crippen LogP) is 4.00. The van der Waals surface area contributed by atoms with Crippen LogP contribution in [0.5, 0.6) is 0 Å². The van der Waals surface area contributed by atoms with E-state index in [9.17, 15) is 13.6 Å². The lowest BCUT2D eigenvalue weighted by Crippen LogP contribution is -2.36. The summed E-state index contributed by atoms with van der Waals surface area (Å²) >= 11 is 5.80. The van der Waals surface area contributed by atoms with Gasteiger partial charge >= 0.3 is 0 Å². The second-order valence-electron chi connectivity index (χ2n) is 6.04. The minimum absolute atomic E-state index is 0.0127. The number of nitrogens with zero attached hydrogens (tertiary/aromatic N) is 1. The number of anilines is 1. The fourth-order valence-electron chi connectivity index (χ4n) is 2.58. The van der Waals surface area contributed by atoms with E-state index in [2.05, 4.69) is 15.6 Å². The van der Waals surface area contributed by atoms with Crippen LogP contribution in [-0.2, 0) is 4.74 Å². The molecule has 2 N–H and O–H groups in total. The van der Waals surface area contributed by atoms with Gasteiger partial charge in [-0.15, -0.1) is 0 Å². The van der Waals surface area contributed by atoms with Crippen molar-refractivity contribution in [3.05, 3.63) is 64.7 Å². The third-order valence-electron chi connectivity index (χ3n) is 4.00. The van der Waals surface area contributed by atoms with Crippen LogP contribution in [-0.4, -0.2) is 31.1 Å². The summed E-state index contributed by atoms with van der Waals surface area (Å²) in [6.07, 6.45) is 1.85. The highest BCUT2D eigenvalue weighted by Crippen LogP contribution is 2.19. The zero-order chi connectivity index (χ0) is 19.2. The van der Waals surface area contributed by atoms with Gasteiger partial charge < -0.3 is 10.1 Å². The van der Waals surface area contributed by atoms with Crippen molar-refractivity contribution in [3.8, 4) is 0 Å². The van der Waals surface area contributed by atoms with E-state index in [1.807, 2.05) is 0 Å². The van der Waals surface area contributed by atoms with E-state index in [0.717, 1.165) is 12.8 Å². The van der Waals surface area contributed by atoms with Crippen LogP contribution in [0.4, 0.5) is 14.5 Å². The summed E-state index contributed by atoms with van der Waals surface area (Å²) in [5.74, 6) is -1.27. The zero-order valence-electron chi connectivity index (χ0n) is 14.3. The van der Waals surface area contributed by atoms with Crippen molar-refractivity contribution >= 4 is 29.2 Å². The molecule has 5 nitrogen and oxygen atoms in total. The molecule has 2 aromatic rings. The van der Waals surface area contributed by atoms with Gasteiger partial charge in [0, 0.05) is 17.9 Å². The van der Waals surface area contributed by atoms with Crippen LogP contribution >= 0.6 is 11.6 Å². The van der Waals surface area contributed by atoms with Crippen molar-refractivity contribution in [2.75, 3.05) is 18.5 Å². The van der Waals surface area contributed by atoms with E-state index < -0.39 is 17.5 Å². The fourth-order valence-corrected chi connectivity index (χ4v) is 2.76. The SMILES string of the molecule is O=C(NC(=NC[C@@H]1CCCO1)Nc1ccc(F)c(Cl)c1)c1ccc(F)cc1. The molecule has 1 saturated heterocycles. The summed E-state index contributed by atoms with van der Waals surface area (Å²) in [5, 5.41) is 5.51. The molecule has 0 saturated carbocycles. The third kappa shape index (κ3) is 5.48. The molecule has 2 aromatic carbocycles. The van der Waals surface area contributed by atoms with Crippen LogP contribution in [0.2, 0.25) is 5.02 Å². The Morgan fingerprint density at radius 3 is 2.67 bits per heavy atom. The Kier molecular flexibility index (Phi) is 6.36. The number of guanidine groups is 1. The minimum atomic E-state index is -0.546. The molecule has 8 heteroatoms. The first kappa shape index (κ1) is 19.3. The van der Waals surface area contributed by atoms with Gasteiger partial charge in [0.05, 0.1) is 17.7 Å². The number of amides is 1. The van der Waals surface area contributed by atoms with Crippen molar-refractivity contribution in [1.82, 2.24) is 5.32 Å². The maximum absolute atomic E-state index is 13.3. The molecule has 1 aliphatic heterocycles. The molecule has 0 spiro atoms. The molecule has 0 unspecified atom stereocenters. The van der Waals surface area contributed by atoms with Gasteiger partial charge in [-0.3, -0.25) is 10.1 Å². The molecule has 1 heterocycles. The lowest BCUT2D eigenvalue weighted by atomic mass is 10.2. The number of carbonyl (C=O) groups is 1. The first-order valence-electron chi connectivity index (χ1n) is 8.46. The molecule has 0 radical (unpaired) electrons. The topological polar surface area (TPSA) is 62.7 Å². The molecule has 0 bridgehead atoms. The number of rotatable bonds is 4. The highest BCUT2D eigenvalue weighted by molar-refractivity contribution is 6.31. The highest BCUT2D eigenvalue weighted by atomic mass is 35.5. The van der Waals surface area contributed by atoms with Gasteiger partial charge in [0.25, 0.3) is 5.91 Å². The maximum atomic E-state index is 13.3. The van der Waals surface area contributed by atoms with E-state index in [0.29, 0.717) is 18.8 Å².